The highest BCUT2D eigenvalue weighted by atomic mass is 32.2. The Morgan fingerprint density at radius 3 is 2.64 bits per heavy atom. The SMILES string of the molecule is COC1CC(O)C12CCN(C(=O)c1ccccc1SC)CC2. The molecule has 2 atom stereocenters. The summed E-state index contributed by atoms with van der Waals surface area (Å²) in [6.07, 6.45) is 4.21. The first-order valence-electron chi connectivity index (χ1n) is 7.75. The minimum absolute atomic E-state index is 0.0996. The molecule has 0 aromatic heterocycles. The third-order valence-corrected chi connectivity index (χ3v) is 6.14. The number of aliphatic hydroxyl groups excluding tert-OH is 1. The zero-order chi connectivity index (χ0) is 15.7. The molecular formula is C17H23NO3S. The van der Waals surface area contributed by atoms with Crippen LogP contribution in [0.4, 0.5) is 0 Å². The first kappa shape index (κ1) is 15.8. The van der Waals surface area contributed by atoms with Gasteiger partial charge in [-0.05, 0) is 31.2 Å². The second kappa shape index (κ2) is 6.22. The molecule has 1 aliphatic heterocycles. The van der Waals surface area contributed by atoms with Crippen LogP contribution in [0.25, 0.3) is 0 Å². The van der Waals surface area contributed by atoms with Gasteiger partial charge < -0.3 is 14.7 Å². The van der Waals surface area contributed by atoms with Gasteiger partial charge in [-0.3, -0.25) is 4.79 Å². The molecule has 1 saturated heterocycles. The normalized spacial score (nSPS) is 26.8. The van der Waals surface area contributed by atoms with Crippen molar-refractivity contribution in [1.82, 2.24) is 4.90 Å². The molecule has 0 bridgehead atoms. The molecule has 1 amide bonds. The van der Waals surface area contributed by atoms with Crippen molar-refractivity contribution in [1.29, 1.82) is 0 Å². The Morgan fingerprint density at radius 2 is 2.05 bits per heavy atom. The Balaban J connectivity index is 1.70. The highest BCUT2D eigenvalue weighted by molar-refractivity contribution is 7.98. The van der Waals surface area contributed by atoms with Crippen LogP contribution in [-0.4, -0.2) is 54.6 Å². The quantitative estimate of drug-likeness (QED) is 0.869. The van der Waals surface area contributed by atoms with Gasteiger partial charge in [-0.25, -0.2) is 0 Å². The van der Waals surface area contributed by atoms with Crippen LogP contribution >= 0.6 is 11.8 Å². The summed E-state index contributed by atoms with van der Waals surface area (Å²) in [4.78, 5) is 15.7. The molecule has 1 aromatic carbocycles. The maximum Gasteiger partial charge on any atom is 0.254 e. The Bertz CT molecular complexity index is 555. The van der Waals surface area contributed by atoms with Gasteiger partial charge in [0.15, 0.2) is 0 Å². The van der Waals surface area contributed by atoms with Gasteiger partial charge in [-0.1, -0.05) is 12.1 Å². The molecule has 1 aliphatic carbocycles. The summed E-state index contributed by atoms with van der Waals surface area (Å²) in [7, 11) is 1.71. The standard InChI is InChI=1S/C17H23NO3S/c1-21-15-11-14(19)17(15)7-9-18(10-8-17)16(20)12-5-3-4-6-13(12)22-2/h3-6,14-15,19H,7-11H2,1-2H3. The van der Waals surface area contributed by atoms with E-state index in [1.54, 1.807) is 18.9 Å². The zero-order valence-corrected chi connectivity index (χ0v) is 13.9. The van der Waals surface area contributed by atoms with Crippen molar-refractivity contribution in [3.63, 3.8) is 0 Å². The van der Waals surface area contributed by atoms with Gasteiger partial charge in [-0.2, -0.15) is 0 Å². The van der Waals surface area contributed by atoms with Gasteiger partial charge in [0.05, 0.1) is 17.8 Å². The summed E-state index contributed by atoms with van der Waals surface area (Å²) in [6.45, 7) is 1.39. The summed E-state index contributed by atoms with van der Waals surface area (Å²) in [5.41, 5.74) is 0.647. The molecule has 0 radical (unpaired) electrons. The lowest BCUT2D eigenvalue weighted by Gasteiger charge is -2.56. The monoisotopic (exact) mass is 321 g/mol. The second-order valence-electron chi connectivity index (χ2n) is 6.20. The van der Waals surface area contributed by atoms with Crippen LogP contribution in [0.3, 0.4) is 0 Å². The van der Waals surface area contributed by atoms with E-state index in [-0.39, 0.29) is 23.5 Å². The number of benzene rings is 1. The maximum atomic E-state index is 12.7. The fourth-order valence-electron chi connectivity index (χ4n) is 3.83. The number of hydrogen-bond donors (Lipinski definition) is 1. The number of piperidine rings is 1. The van der Waals surface area contributed by atoms with E-state index < -0.39 is 0 Å². The van der Waals surface area contributed by atoms with Crippen LogP contribution in [0.5, 0.6) is 0 Å². The molecule has 4 nitrogen and oxygen atoms in total. The number of rotatable bonds is 3. The van der Waals surface area contributed by atoms with Crippen LogP contribution in [0.1, 0.15) is 29.6 Å². The fourth-order valence-corrected chi connectivity index (χ4v) is 4.42. The van der Waals surface area contributed by atoms with Crippen molar-refractivity contribution in [3.8, 4) is 0 Å². The number of likely N-dealkylation sites (tertiary alicyclic amines) is 1. The molecule has 2 fully saturated rings. The minimum atomic E-state index is -0.284. The number of amides is 1. The maximum absolute atomic E-state index is 12.7. The highest BCUT2D eigenvalue weighted by Gasteiger charge is 2.56. The van der Waals surface area contributed by atoms with E-state index in [1.807, 2.05) is 35.4 Å². The second-order valence-corrected chi connectivity index (χ2v) is 7.05. The van der Waals surface area contributed by atoms with Crippen molar-refractivity contribution >= 4 is 17.7 Å². The average molecular weight is 321 g/mol. The molecule has 1 N–H and O–H groups in total. The number of ether oxygens (including phenoxy) is 1. The summed E-state index contributed by atoms with van der Waals surface area (Å²) >= 11 is 1.60. The molecule has 2 unspecified atom stereocenters. The van der Waals surface area contributed by atoms with E-state index in [1.165, 1.54) is 0 Å². The smallest absolute Gasteiger partial charge is 0.254 e. The first-order chi connectivity index (χ1) is 10.6. The molecule has 120 valence electrons. The number of carbonyl (C=O) groups excluding carboxylic acids is 1. The molecule has 5 heteroatoms. The Labute approximate surface area is 135 Å². The molecule has 1 spiro atoms. The van der Waals surface area contributed by atoms with Crippen molar-refractivity contribution in [2.75, 3.05) is 26.5 Å². The Kier molecular flexibility index (Phi) is 4.48. The summed E-state index contributed by atoms with van der Waals surface area (Å²) < 4.78 is 5.50. The molecule has 1 heterocycles. The molecule has 22 heavy (non-hydrogen) atoms. The number of aliphatic hydroxyl groups is 1. The van der Waals surface area contributed by atoms with Crippen LogP contribution in [0, 0.1) is 5.41 Å². The lowest BCUT2D eigenvalue weighted by Crippen LogP contribution is -2.62. The van der Waals surface area contributed by atoms with Crippen LogP contribution in [0.15, 0.2) is 29.2 Å². The molecule has 2 aliphatic rings. The number of hydrogen-bond acceptors (Lipinski definition) is 4. The number of carbonyl (C=O) groups is 1. The Morgan fingerprint density at radius 1 is 1.36 bits per heavy atom. The lowest BCUT2D eigenvalue weighted by molar-refractivity contribution is -0.199. The van der Waals surface area contributed by atoms with Crippen molar-refractivity contribution < 1.29 is 14.6 Å². The van der Waals surface area contributed by atoms with E-state index in [0.29, 0.717) is 13.1 Å². The van der Waals surface area contributed by atoms with Crippen LogP contribution in [0.2, 0.25) is 0 Å². The van der Waals surface area contributed by atoms with Crippen molar-refractivity contribution in [2.24, 2.45) is 5.41 Å². The predicted molar refractivity (Wildman–Crippen MR) is 87.2 cm³/mol. The predicted octanol–water partition coefficient (Wildman–Crippen LogP) is 2.41. The third kappa shape index (κ3) is 2.45. The van der Waals surface area contributed by atoms with E-state index >= 15 is 0 Å². The minimum Gasteiger partial charge on any atom is -0.392 e. The van der Waals surface area contributed by atoms with Gasteiger partial charge in [0, 0.05) is 36.9 Å². The lowest BCUT2D eigenvalue weighted by atomic mass is 9.58. The van der Waals surface area contributed by atoms with Crippen LogP contribution in [-0.2, 0) is 4.74 Å². The van der Waals surface area contributed by atoms with Crippen molar-refractivity contribution in [3.05, 3.63) is 29.8 Å². The zero-order valence-electron chi connectivity index (χ0n) is 13.1. The topological polar surface area (TPSA) is 49.8 Å². The summed E-state index contributed by atoms with van der Waals surface area (Å²) in [5, 5.41) is 10.2. The first-order valence-corrected chi connectivity index (χ1v) is 8.98. The number of nitrogens with zero attached hydrogens (tertiary/aromatic N) is 1. The van der Waals surface area contributed by atoms with E-state index in [0.717, 1.165) is 29.7 Å². The molecule has 3 rings (SSSR count). The molecule has 1 aromatic rings. The summed E-state index contributed by atoms with van der Waals surface area (Å²) in [6, 6.07) is 7.76. The van der Waals surface area contributed by atoms with Crippen LogP contribution < -0.4 is 0 Å². The van der Waals surface area contributed by atoms with Gasteiger partial charge in [0.2, 0.25) is 0 Å². The molecular weight excluding hydrogens is 298 g/mol. The largest absolute Gasteiger partial charge is 0.392 e. The van der Waals surface area contributed by atoms with Crippen molar-refractivity contribution in [2.45, 2.75) is 36.4 Å². The van der Waals surface area contributed by atoms with Gasteiger partial charge >= 0.3 is 0 Å². The highest BCUT2D eigenvalue weighted by Crippen LogP contribution is 2.50. The molecule has 1 saturated carbocycles. The van der Waals surface area contributed by atoms with Gasteiger partial charge in [-0.15, -0.1) is 11.8 Å². The van der Waals surface area contributed by atoms with E-state index in [9.17, 15) is 9.90 Å². The number of methoxy groups -OCH3 is 1. The third-order valence-electron chi connectivity index (χ3n) is 5.35. The fraction of sp³-hybridized carbons (Fsp3) is 0.588. The Hall–Kier alpha value is -1.04. The summed E-state index contributed by atoms with van der Waals surface area (Å²) in [5.74, 6) is 0.0996. The van der Waals surface area contributed by atoms with E-state index in [2.05, 4.69) is 0 Å². The van der Waals surface area contributed by atoms with Gasteiger partial charge in [0.1, 0.15) is 0 Å². The average Bonchev–Trinajstić information content (AvgIpc) is 2.58. The van der Waals surface area contributed by atoms with Gasteiger partial charge in [0.25, 0.3) is 5.91 Å². The number of thioether (sulfide) groups is 1. The van der Waals surface area contributed by atoms with E-state index in [4.69, 9.17) is 4.74 Å².